The van der Waals surface area contributed by atoms with Crippen LogP contribution < -0.4 is 0 Å². The minimum absolute atomic E-state index is 0.757. The van der Waals surface area contributed by atoms with Crippen LogP contribution in [0.3, 0.4) is 0 Å². The number of rotatable bonds is 3. The van der Waals surface area contributed by atoms with Crippen molar-refractivity contribution in [3.63, 3.8) is 0 Å². The van der Waals surface area contributed by atoms with Gasteiger partial charge in [-0.3, -0.25) is 0 Å². The molecule has 0 aromatic rings. The fourth-order valence-corrected chi connectivity index (χ4v) is 3.02. The summed E-state index contributed by atoms with van der Waals surface area (Å²) >= 11 is -1.62. The predicted molar refractivity (Wildman–Crippen MR) is 126 cm³/mol. The van der Waals surface area contributed by atoms with E-state index in [1.54, 1.807) is 0 Å². The quantitative estimate of drug-likeness (QED) is 0.362. The summed E-state index contributed by atoms with van der Waals surface area (Å²) in [5, 5.41) is 12.7. The van der Waals surface area contributed by atoms with Gasteiger partial charge in [-0.1, -0.05) is 56.8 Å². The molecule has 3 saturated heterocycles. The molecule has 0 radical (unpaired) electrons. The molecular formula is C21H36Cl3CrN3-3. The third kappa shape index (κ3) is 18.5. The Bertz CT molecular complexity index is 324. The molecule has 3 rings (SSSR count). The molecule has 0 aromatic heterocycles. The van der Waals surface area contributed by atoms with E-state index >= 15 is 0 Å². The van der Waals surface area contributed by atoms with E-state index in [2.05, 4.69) is 53.9 Å². The molecule has 7 heteroatoms. The first-order chi connectivity index (χ1) is 13.5. The van der Waals surface area contributed by atoms with Crippen LogP contribution >= 0.6 is 30.1 Å². The monoisotopic (exact) mass is 487 g/mol. The zero-order valence-electron chi connectivity index (χ0n) is 17.0. The normalized spacial score (nSPS) is 21.0. The Labute approximate surface area is 190 Å². The van der Waals surface area contributed by atoms with Crippen molar-refractivity contribution in [3.8, 4) is 0 Å². The van der Waals surface area contributed by atoms with Gasteiger partial charge in [0.25, 0.3) is 0 Å². The van der Waals surface area contributed by atoms with E-state index in [0.717, 1.165) is 57.0 Å². The summed E-state index contributed by atoms with van der Waals surface area (Å²) in [4.78, 5) is 0. The molecule has 0 spiro atoms. The zero-order chi connectivity index (χ0) is 21.0. The second-order valence-corrected chi connectivity index (χ2v) is 13.2. The molecule has 0 saturated carbocycles. The fourth-order valence-electron chi connectivity index (χ4n) is 3.02. The summed E-state index contributed by atoms with van der Waals surface area (Å²) in [6, 6.07) is 0. The van der Waals surface area contributed by atoms with Crippen molar-refractivity contribution in [1.29, 1.82) is 0 Å². The summed E-state index contributed by atoms with van der Waals surface area (Å²) in [6.07, 6.45) is 13.5. The summed E-state index contributed by atoms with van der Waals surface area (Å²) < 4.78 is 0. The van der Waals surface area contributed by atoms with Crippen LogP contribution in [-0.4, -0.2) is 39.3 Å². The molecule has 28 heavy (non-hydrogen) atoms. The standard InChI is InChI=1S/3C7H12N.3ClH.Cr/c3*1-2-7-3-5-8-6-4-7;;;;/h3*2,7H,1,3-6H2;3*1H;/q3*-1;;;;+3/p-3. The molecule has 165 valence electrons. The van der Waals surface area contributed by atoms with Gasteiger partial charge in [-0.05, 0) is 17.8 Å². The van der Waals surface area contributed by atoms with Crippen LogP contribution in [-0.2, 0) is 11.4 Å². The average molecular weight is 489 g/mol. The summed E-state index contributed by atoms with van der Waals surface area (Å²) in [5.74, 6) is 2.27. The van der Waals surface area contributed by atoms with Gasteiger partial charge < -0.3 is 16.0 Å². The van der Waals surface area contributed by atoms with Gasteiger partial charge in [0.15, 0.2) is 0 Å². The summed E-state index contributed by atoms with van der Waals surface area (Å²) in [5.41, 5.74) is 0. The van der Waals surface area contributed by atoms with Gasteiger partial charge in [-0.25, -0.2) is 0 Å². The first-order valence-electron chi connectivity index (χ1n) is 10.0. The van der Waals surface area contributed by atoms with Gasteiger partial charge >= 0.3 is 41.5 Å². The molecule has 3 nitrogen and oxygen atoms in total. The Morgan fingerprint density at radius 2 is 0.714 bits per heavy atom. The molecule has 0 aliphatic carbocycles. The third-order valence-electron chi connectivity index (χ3n) is 4.95. The Hall–Kier alpha value is 0.502. The molecule has 3 fully saturated rings. The summed E-state index contributed by atoms with van der Waals surface area (Å²) in [7, 11) is 14.8. The van der Waals surface area contributed by atoms with Crippen LogP contribution in [0.1, 0.15) is 38.5 Å². The van der Waals surface area contributed by atoms with Gasteiger partial charge in [-0.15, -0.1) is 59.0 Å². The Morgan fingerprint density at radius 1 is 0.536 bits per heavy atom. The number of halogens is 3. The second-order valence-electron chi connectivity index (χ2n) is 6.91. The van der Waals surface area contributed by atoms with Crippen molar-refractivity contribution in [3.05, 3.63) is 53.9 Å². The van der Waals surface area contributed by atoms with Crippen LogP contribution in [0.2, 0.25) is 0 Å². The predicted octanol–water partition coefficient (Wildman–Crippen LogP) is 7.93. The van der Waals surface area contributed by atoms with Crippen molar-refractivity contribution in [1.82, 2.24) is 0 Å². The van der Waals surface area contributed by atoms with E-state index in [-0.39, 0.29) is 0 Å². The maximum atomic E-state index is 4.93. The number of hydrogen-bond acceptors (Lipinski definition) is 0. The summed E-state index contributed by atoms with van der Waals surface area (Å²) in [6.45, 7) is 17.5. The van der Waals surface area contributed by atoms with Crippen LogP contribution in [0, 0.1) is 17.8 Å². The van der Waals surface area contributed by atoms with Gasteiger partial charge in [0.05, 0.1) is 0 Å². The molecule has 0 bridgehead atoms. The molecular weight excluding hydrogens is 453 g/mol. The van der Waals surface area contributed by atoms with Crippen molar-refractivity contribution in [2.75, 3.05) is 39.3 Å². The van der Waals surface area contributed by atoms with Crippen molar-refractivity contribution < 1.29 is 11.4 Å². The zero-order valence-corrected chi connectivity index (χ0v) is 20.5. The third-order valence-corrected chi connectivity index (χ3v) is 4.95. The number of hydrogen-bond donors (Lipinski definition) is 0. The van der Waals surface area contributed by atoms with Crippen molar-refractivity contribution in [2.45, 2.75) is 38.5 Å². The number of allylic oxidation sites excluding steroid dienone is 3. The van der Waals surface area contributed by atoms with Crippen molar-refractivity contribution in [2.24, 2.45) is 17.8 Å². The van der Waals surface area contributed by atoms with Crippen LogP contribution in [0.4, 0.5) is 0 Å². The average Bonchev–Trinajstić information content (AvgIpc) is 2.76. The Morgan fingerprint density at radius 3 is 0.821 bits per heavy atom. The van der Waals surface area contributed by atoms with Gasteiger partial charge in [-0.2, -0.15) is 0 Å². The fraction of sp³-hybridized carbons (Fsp3) is 0.714. The van der Waals surface area contributed by atoms with E-state index in [4.69, 9.17) is 30.1 Å². The molecule has 0 aromatic carbocycles. The molecule has 0 atom stereocenters. The van der Waals surface area contributed by atoms with Gasteiger partial charge in [0.1, 0.15) is 0 Å². The SMILES string of the molecule is C=CC1CC[N-]CC1.C=CC1CC[N-]CC1.C=CC1CC[N-]CC1.[Cl][Cr]([Cl])[Cl]. The van der Waals surface area contributed by atoms with E-state index in [1.807, 2.05) is 0 Å². The Balaban J connectivity index is 0.000000358. The molecule has 3 aliphatic rings. The number of nitrogens with zero attached hydrogens (tertiary/aromatic N) is 3. The van der Waals surface area contributed by atoms with E-state index in [0.29, 0.717) is 0 Å². The maximum absolute atomic E-state index is 4.93. The van der Waals surface area contributed by atoms with Crippen LogP contribution in [0.5, 0.6) is 0 Å². The molecule has 0 N–H and O–H groups in total. The van der Waals surface area contributed by atoms with Gasteiger partial charge in [0, 0.05) is 0 Å². The van der Waals surface area contributed by atoms with E-state index in [1.165, 1.54) is 38.5 Å². The molecule has 0 amide bonds. The molecule has 3 heterocycles. The van der Waals surface area contributed by atoms with Crippen molar-refractivity contribution >= 4 is 30.1 Å². The first kappa shape index (κ1) is 28.5. The van der Waals surface area contributed by atoms with Crippen LogP contribution in [0.15, 0.2) is 38.0 Å². The van der Waals surface area contributed by atoms with Gasteiger partial charge in [0.2, 0.25) is 0 Å². The Kier molecular flexibility index (Phi) is 21.1. The minimum atomic E-state index is -1.62. The molecule has 0 unspecified atom stereocenters. The topological polar surface area (TPSA) is 42.3 Å². The number of piperidine rings is 3. The van der Waals surface area contributed by atoms with Crippen LogP contribution in [0.25, 0.3) is 16.0 Å². The molecule has 3 aliphatic heterocycles. The first-order valence-corrected chi connectivity index (χ1v) is 15.3. The second kappa shape index (κ2) is 20.8. The van der Waals surface area contributed by atoms with E-state index in [9.17, 15) is 0 Å². The van der Waals surface area contributed by atoms with E-state index < -0.39 is 11.4 Å².